The molecule has 1 aliphatic carbocycles. The molecule has 0 radical (unpaired) electrons. The molecule has 0 bridgehead atoms. The second-order valence-electron chi connectivity index (χ2n) is 9.72. The highest BCUT2D eigenvalue weighted by molar-refractivity contribution is 6.69. The molecular formula is C23H27Cl2N3O5. The second kappa shape index (κ2) is 9.47. The SMILES string of the molecule is CC(C)(C)OC(=O)CC1CCC(C#N)(NC(=O)C(=O)c2c(Cl)c(C(=O)Cl)c3n2CCC3)CC1. The van der Waals surface area contributed by atoms with Crippen LogP contribution in [0.2, 0.25) is 5.02 Å². The van der Waals surface area contributed by atoms with Crippen LogP contribution in [0.15, 0.2) is 0 Å². The van der Waals surface area contributed by atoms with Crippen LogP contribution in [0.3, 0.4) is 0 Å². The first-order chi connectivity index (χ1) is 15.4. The van der Waals surface area contributed by atoms with Gasteiger partial charge in [0.1, 0.15) is 16.8 Å². The maximum absolute atomic E-state index is 13.0. The molecule has 8 nitrogen and oxygen atoms in total. The number of amides is 1. The van der Waals surface area contributed by atoms with Gasteiger partial charge in [-0.15, -0.1) is 0 Å². The number of rotatable bonds is 6. The van der Waals surface area contributed by atoms with E-state index in [9.17, 15) is 24.4 Å². The Kier molecular flexibility index (Phi) is 7.25. The summed E-state index contributed by atoms with van der Waals surface area (Å²) in [4.78, 5) is 49.8. The van der Waals surface area contributed by atoms with Crippen LogP contribution in [0.1, 0.15) is 85.8 Å². The third-order valence-corrected chi connectivity index (χ3v) is 6.68. The number of aromatic nitrogens is 1. The van der Waals surface area contributed by atoms with Gasteiger partial charge in [0.25, 0.3) is 16.9 Å². The fourth-order valence-electron chi connectivity index (χ4n) is 4.61. The zero-order chi connectivity index (χ0) is 24.6. The predicted octanol–water partition coefficient (Wildman–Crippen LogP) is 3.95. The quantitative estimate of drug-likeness (QED) is 0.276. The topological polar surface area (TPSA) is 118 Å². The Morgan fingerprint density at radius 2 is 1.88 bits per heavy atom. The minimum absolute atomic E-state index is 0.0366. The lowest BCUT2D eigenvalue weighted by Gasteiger charge is -2.35. The Bertz CT molecular complexity index is 1040. The van der Waals surface area contributed by atoms with E-state index in [4.69, 9.17) is 27.9 Å². The van der Waals surface area contributed by atoms with E-state index in [0.717, 1.165) is 0 Å². The summed E-state index contributed by atoms with van der Waals surface area (Å²) in [7, 11) is 0. The smallest absolute Gasteiger partial charge is 0.306 e. The van der Waals surface area contributed by atoms with Crippen LogP contribution in [0.25, 0.3) is 0 Å². The molecular weight excluding hydrogens is 469 g/mol. The summed E-state index contributed by atoms with van der Waals surface area (Å²) in [5.41, 5.74) is -1.24. The number of ketones is 1. The van der Waals surface area contributed by atoms with Gasteiger partial charge in [0, 0.05) is 18.7 Å². The predicted molar refractivity (Wildman–Crippen MR) is 121 cm³/mol. The molecule has 0 aromatic carbocycles. The molecule has 1 aliphatic heterocycles. The van der Waals surface area contributed by atoms with Crippen molar-refractivity contribution in [2.24, 2.45) is 5.92 Å². The zero-order valence-corrected chi connectivity index (χ0v) is 20.4. The summed E-state index contributed by atoms with van der Waals surface area (Å²) >= 11 is 11.9. The number of fused-ring (bicyclic) bond motifs is 1. The molecule has 1 aromatic rings. The highest BCUT2D eigenvalue weighted by Gasteiger charge is 2.41. The molecule has 1 aromatic heterocycles. The van der Waals surface area contributed by atoms with Crippen molar-refractivity contribution in [3.05, 3.63) is 22.0 Å². The number of carbonyl (C=O) groups is 4. The zero-order valence-electron chi connectivity index (χ0n) is 18.9. The first kappa shape index (κ1) is 25.3. The Balaban J connectivity index is 1.69. The molecule has 3 rings (SSSR count). The molecule has 1 fully saturated rings. The van der Waals surface area contributed by atoms with E-state index in [1.54, 1.807) is 25.3 Å². The number of nitrogens with zero attached hydrogens (tertiary/aromatic N) is 2. The van der Waals surface area contributed by atoms with Crippen molar-refractivity contribution >= 4 is 46.1 Å². The molecule has 0 spiro atoms. The van der Waals surface area contributed by atoms with E-state index in [0.29, 0.717) is 50.8 Å². The second-order valence-corrected chi connectivity index (χ2v) is 10.4. The van der Waals surface area contributed by atoms with E-state index >= 15 is 0 Å². The van der Waals surface area contributed by atoms with E-state index in [1.165, 1.54) is 0 Å². The number of nitriles is 1. The van der Waals surface area contributed by atoms with Crippen molar-refractivity contribution in [3.63, 3.8) is 0 Å². The Morgan fingerprint density at radius 3 is 2.42 bits per heavy atom. The average molecular weight is 496 g/mol. The average Bonchev–Trinajstić information content (AvgIpc) is 3.26. The van der Waals surface area contributed by atoms with Crippen molar-refractivity contribution in [2.75, 3.05) is 0 Å². The minimum Gasteiger partial charge on any atom is -0.460 e. The van der Waals surface area contributed by atoms with Crippen LogP contribution in [-0.2, 0) is 27.3 Å². The number of hydrogen-bond acceptors (Lipinski definition) is 6. The van der Waals surface area contributed by atoms with Gasteiger partial charge in [-0.2, -0.15) is 5.26 Å². The van der Waals surface area contributed by atoms with Gasteiger partial charge in [-0.3, -0.25) is 19.2 Å². The van der Waals surface area contributed by atoms with Crippen LogP contribution in [0.5, 0.6) is 0 Å². The Labute approximate surface area is 202 Å². The van der Waals surface area contributed by atoms with Crippen molar-refractivity contribution in [1.82, 2.24) is 9.88 Å². The number of nitrogens with one attached hydrogen (secondary N) is 1. The number of halogens is 2. The molecule has 0 saturated heterocycles. The molecule has 10 heteroatoms. The van der Waals surface area contributed by atoms with Gasteiger partial charge in [-0.1, -0.05) is 11.6 Å². The lowest BCUT2D eigenvalue weighted by atomic mass is 9.76. The Morgan fingerprint density at radius 1 is 1.24 bits per heavy atom. The normalized spacial score (nSPS) is 22.2. The lowest BCUT2D eigenvalue weighted by Crippen LogP contribution is -2.52. The van der Waals surface area contributed by atoms with E-state index in [-0.39, 0.29) is 34.6 Å². The molecule has 1 amide bonds. The van der Waals surface area contributed by atoms with Gasteiger partial charge in [0.05, 0.1) is 16.7 Å². The van der Waals surface area contributed by atoms with Crippen LogP contribution >= 0.6 is 23.2 Å². The van der Waals surface area contributed by atoms with Gasteiger partial charge >= 0.3 is 5.97 Å². The summed E-state index contributed by atoms with van der Waals surface area (Å²) in [6, 6.07) is 2.14. The van der Waals surface area contributed by atoms with E-state index in [2.05, 4.69) is 11.4 Å². The summed E-state index contributed by atoms with van der Waals surface area (Å²) in [6.07, 6.45) is 3.16. The fraction of sp³-hybridized carbons (Fsp3) is 0.609. The van der Waals surface area contributed by atoms with E-state index in [1.807, 2.05) is 0 Å². The molecule has 178 valence electrons. The third kappa shape index (κ3) is 5.42. The van der Waals surface area contributed by atoms with Crippen molar-refractivity contribution in [1.29, 1.82) is 5.26 Å². The van der Waals surface area contributed by atoms with E-state index < -0.39 is 28.1 Å². The molecule has 2 heterocycles. The summed E-state index contributed by atoms with van der Waals surface area (Å²) in [5, 5.41) is 11.5. The van der Waals surface area contributed by atoms with Crippen molar-refractivity contribution < 1.29 is 23.9 Å². The Hall–Kier alpha value is -2.37. The maximum Gasteiger partial charge on any atom is 0.306 e. The molecule has 33 heavy (non-hydrogen) atoms. The van der Waals surface area contributed by atoms with Crippen molar-refractivity contribution in [3.8, 4) is 6.07 Å². The van der Waals surface area contributed by atoms with Crippen LogP contribution in [0, 0.1) is 17.2 Å². The summed E-state index contributed by atoms with van der Waals surface area (Å²) in [5.74, 6) is -2.12. The van der Waals surface area contributed by atoms with Gasteiger partial charge in [0.15, 0.2) is 0 Å². The van der Waals surface area contributed by atoms with Crippen LogP contribution in [0.4, 0.5) is 0 Å². The summed E-state index contributed by atoms with van der Waals surface area (Å²) in [6.45, 7) is 5.86. The highest BCUT2D eigenvalue weighted by atomic mass is 35.5. The molecule has 0 unspecified atom stereocenters. The summed E-state index contributed by atoms with van der Waals surface area (Å²) < 4.78 is 6.93. The largest absolute Gasteiger partial charge is 0.460 e. The molecule has 1 saturated carbocycles. The maximum atomic E-state index is 13.0. The number of carbonyl (C=O) groups excluding carboxylic acids is 4. The number of Topliss-reactive ketones (excluding diaryl/α,β-unsaturated/α-hetero) is 1. The standard InChI is InChI=1S/C23H27Cl2N3O5/c1-22(2,3)33-15(29)11-13-6-8-23(12-26,9-7-13)27-21(32)19(30)18-17(24)16(20(25)31)14-5-4-10-28(14)18/h13H,4-11H2,1-3H3,(H,27,32). The fourth-order valence-corrected chi connectivity index (χ4v) is 5.24. The van der Waals surface area contributed by atoms with Crippen LogP contribution in [-0.4, -0.2) is 38.6 Å². The first-order valence-corrected chi connectivity index (χ1v) is 11.7. The first-order valence-electron chi connectivity index (χ1n) is 11.0. The van der Waals surface area contributed by atoms with Gasteiger partial charge in [-0.05, 0) is 76.8 Å². The lowest BCUT2D eigenvalue weighted by molar-refractivity contribution is -0.156. The monoisotopic (exact) mass is 495 g/mol. The number of ether oxygens (including phenoxy) is 1. The van der Waals surface area contributed by atoms with Crippen LogP contribution < -0.4 is 5.32 Å². The van der Waals surface area contributed by atoms with Gasteiger partial charge < -0.3 is 14.6 Å². The highest BCUT2D eigenvalue weighted by Crippen LogP contribution is 2.36. The van der Waals surface area contributed by atoms with Crippen molar-refractivity contribution in [2.45, 2.75) is 83.4 Å². The van der Waals surface area contributed by atoms with Gasteiger partial charge in [0.2, 0.25) is 0 Å². The minimum atomic E-state index is -1.21. The number of esters is 1. The third-order valence-electron chi connectivity index (χ3n) is 6.13. The molecule has 2 aliphatic rings. The molecule has 1 N–H and O–H groups in total. The molecule has 0 atom stereocenters. The number of hydrogen-bond donors (Lipinski definition) is 1. The van der Waals surface area contributed by atoms with Gasteiger partial charge in [-0.25, -0.2) is 0 Å².